The van der Waals surface area contributed by atoms with Gasteiger partial charge in [0.2, 0.25) is 0 Å². The molecule has 1 aliphatic heterocycles. The minimum absolute atomic E-state index is 0.0688. The summed E-state index contributed by atoms with van der Waals surface area (Å²) in [6, 6.07) is 1.76. The zero-order valence-electron chi connectivity index (χ0n) is 7.22. The maximum atomic E-state index is 11.4. The van der Waals surface area contributed by atoms with E-state index in [4.69, 9.17) is 11.6 Å². The third kappa shape index (κ3) is 1.40. The largest absolute Gasteiger partial charge is 0.382 e. The summed E-state index contributed by atoms with van der Waals surface area (Å²) >= 11 is 5.96. The first-order chi connectivity index (χ1) is 6.18. The van der Waals surface area contributed by atoms with Crippen LogP contribution in [0, 0.1) is 6.92 Å². The Morgan fingerprint density at radius 2 is 2.38 bits per heavy atom. The summed E-state index contributed by atoms with van der Waals surface area (Å²) < 4.78 is 0. The average molecular weight is 197 g/mol. The van der Waals surface area contributed by atoms with Crippen LogP contribution in [0.4, 0.5) is 5.69 Å². The normalized spacial score (nSPS) is 15.1. The Morgan fingerprint density at radius 1 is 1.62 bits per heavy atom. The van der Waals surface area contributed by atoms with E-state index in [2.05, 4.69) is 10.3 Å². The zero-order chi connectivity index (χ0) is 9.42. The number of carbonyl (C=O) groups excluding carboxylic acids is 1. The van der Waals surface area contributed by atoms with E-state index < -0.39 is 0 Å². The van der Waals surface area contributed by atoms with E-state index in [0.717, 1.165) is 5.69 Å². The van der Waals surface area contributed by atoms with Crippen LogP contribution in [0.15, 0.2) is 6.07 Å². The summed E-state index contributed by atoms with van der Waals surface area (Å²) in [7, 11) is 0. The van der Waals surface area contributed by atoms with Gasteiger partial charge in [0.25, 0.3) is 0 Å². The lowest BCUT2D eigenvalue weighted by Crippen LogP contribution is -2.20. The van der Waals surface area contributed by atoms with E-state index in [-0.39, 0.29) is 5.78 Å². The summed E-state index contributed by atoms with van der Waals surface area (Å²) in [5.74, 6) is 0.0688. The van der Waals surface area contributed by atoms with Gasteiger partial charge < -0.3 is 5.32 Å². The van der Waals surface area contributed by atoms with Gasteiger partial charge in [0.05, 0.1) is 10.7 Å². The van der Waals surface area contributed by atoms with Crippen LogP contribution in [-0.2, 0) is 0 Å². The highest BCUT2D eigenvalue weighted by atomic mass is 35.5. The second kappa shape index (κ2) is 3.00. The molecule has 0 saturated heterocycles. The molecule has 4 heteroatoms. The molecule has 1 N–H and O–H groups in total. The van der Waals surface area contributed by atoms with Crippen LogP contribution in [0.25, 0.3) is 0 Å². The van der Waals surface area contributed by atoms with Gasteiger partial charge in [0.1, 0.15) is 5.69 Å². The first kappa shape index (κ1) is 8.51. The summed E-state index contributed by atoms with van der Waals surface area (Å²) in [6.45, 7) is 2.48. The van der Waals surface area contributed by atoms with E-state index in [1.807, 2.05) is 6.92 Å². The number of carbonyl (C=O) groups is 1. The first-order valence-corrected chi connectivity index (χ1v) is 4.50. The summed E-state index contributed by atoms with van der Waals surface area (Å²) in [6.07, 6.45) is 0.500. The molecule has 0 amide bonds. The Hall–Kier alpha value is -1.09. The number of aromatic nitrogens is 1. The molecule has 0 saturated carbocycles. The summed E-state index contributed by atoms with van der Waals surface area (Å²) in [5.41, 5.74) is 1.94. The Morgan fingerprint density at radius 3 is 3.15 bits per heavy atom. The number of rotatable bonds is 0. The molecule has 0 unspecified atom stereocenters. The van der Waals surface area contributed by atoms with Crippen molar-refractivity contribution in [3.8, 4) is 0 Å². The van der Waals surface area contributed by atoms with E-state index in [1.54, 1.807) is 6.07 Å². The van der Waals surface area contributed by atoms with Crippen LogP contribution in [0.2, 0.25) is 5.02 Å². The smallest absolute Gasteiger partial charge is 0.185 e. The molecule has 1 aromatic rings. The molecule has 1 aromatic heterocycles. The van der Waals surface area contributed by atoms with Crippen molar-refractivity contribution < 1.29 is 4.79 Å². The summed E-state index contributed by atoms with van der Waals surface area (Å²) in [5, 5.41) is 3.65. The molecule has 0 aromatic carbocycles. The van der Waals surface area contributed by atoms with Crippen molar-refractivity contribution >= 4 is 23.1 Å². The zero-order valence-corrected chi connectivity index (χ0v) is 7.98. The number of halogens is 1. The topological polar surface area (TPSA) is 42.0 Å². The first-order valence-electron chi connectivity index (χ1n) is 4.12. The third-order valence-corrected chi connectivity index (χ3v) is 2.32. The highest BCUT2D eigenvalue weighted by Crippen LogP contribution is 2.28. The second-order valence-corrected chi connectivity index (χ2v) is 3.48. The number of nitrogens with zero attached hydrogens (tertiary/aromatic N) is 1. The van der Waals surface area contributed by atoms with Crippen LogP contribution in [0.5, 0.6) is 0 Å². The number of aryl methyl sites for hydroxylation is 1. The standard InChI is InChI=1S/C9H9ClN2O/c1-5-4-6(10)8-9(12-5)7(13)2-3-11-8/h4,11H,2-3H2,1H3. The molecular formula is C9H9ClN2O. The molecule has 0 spiro atoms. The lowest BCUT2D eigenvalue weighted by atomic mass is 10.1. The predicted octanol–water partition coefficient (Wildman–Crippen LogP) is 2.04. The van der Waals surface area contributed by atoms with Crippen LogP contribution >= 0.6 is 11.6 Å². The highest BCUT2D eigenvalue weighted by Gasteiger charge is 2.20. The molecule has 0 fully saturated rings. The number of pyridine rings is 1. The molecule has 0 radical (unpaired) electrons. The number of Topliss-reactive ketones (excluding diaryl/α,β-unsaturated/α-hetero) is 1. The number of hydrogen-bond donors (Lipinski definition) is 1. The maximum absolute atomic E-state index is 11.4. The van der Waals surface area contributed by atoms with Gasteiger partial charge in [-0.05, 0) is 13.0 Å². The van der Waals surface area contributed by atoms with Gasteiger partial charge in [0.15, 0.2) is 5.78 Å². The van der Waals surface area contributed by atoms with Gasteiger partial charge in [0, 0.05) is 18.7 Å². The van der Waals surface area contributed by atoms with E-state index in [0.29, 0.717) is 29.4 Å². The van der Waals surface area contributed by atoms with Gasteiger partial charge in [-0.25, -0.2) is 4.98 Å². The minimum Gasteiger partial charge on any atom is -0.382 e. The van der Waals surface area contributed by atoms with Gasteiger partial charge in [-0.3, -0.25) is 4.79 Å². The minimum atomic E-state index is 0.0688. The SMILES string of the molecule is Cc1cc(Cl)c2c(n1)C(=O)CCN2. The molecule has 68 valence electrons. The molecular weight excluding hydrogens is 188 g/mol. The number of anilines is 1. The van der Waals surface area contributed by atoms with E-state index in [1.165, 1.54) is 0 Å². The maximum Gasteiger partial charge on any atom is 0.185 e. The molecule has 2 rings (SSSR count). The lowest BCUT2D eigenvalue weighted by Gasteiger charge is -2.17. The monoisotopic (exact) mass is 196 g/mol. The van der Waals surface area contributed by atoms with Gasteiger partial charge >= 0.3 is 0 Å². The fourth-order valence-corrected chi connectivity index (χ4v) is 1.74. The molecule has 0 bridgehead atoms. The van der Waals surface area contributed by atoms with Gasteiger partial charge in [-0.2, -0.15) is 0 Å². The molecule has 0 aliphatic carbocycles. The lowest BCUT2D eigenvalue weighted by molar-refractivity contribution is 0.0978. The van der Waals surface area contributed by atoms with Gasteiger partial charge in [-0.1, -0.05) is 11.6 Å². The fraction of sp³-hybridized carbons (Fsp3) is 0.333. The van der Waals surface area contributed by atoms with Crippen LogP contribution < -0.4 is 5.32 Å². The molecule has 13 heavy (non-hydrogen) atoms. The van der Waals surface area contributed by atoms with Crippen molar-refractivity contribution in [2.75, 3.05) is 11.9 Å². The third-order valence-electron chi connectivity index (χ3n) is 2.02. The van der Waals surface area contributed by atoms with E-state index in [9.17, 15) is 4.79 Å². The fourth-order valence-electron chi connectivity index (χ4n) is 1.42. The second-order valence-electron chi connectivity index (χ2n) is 3.07. The molecule has 3 nitrogen and oxygen atoms in total. The van der Waals surface area contributed by atoms with Crippen LogP contribution in [0.3, 0.4) is 0 Å². The number of ketones is 1. The van der Waals surface area contributed by atoms with Crippen LogP contribution in [-0.4, -0.2) is 17.3 Å². The number of nitrogens with one attached hydrogen (secondary N) is 1. The van der Waals surface area contributed by atoms with Crippen molar-refractivity contribution in [3.63, 3.8) is 0 Å². The van der Waals surface area contributed by atoms with E-state index >= 15 is 0 Å². The Kier molecular flexibility index (Phi) is 1.96. The van der Waals surface area contributed by atoms with Crippen molar-refractivity contribution in [2.45, 2.75) is 13.3 Å². The number of hydrogen-bond acceptors (Lipinski definition) is 3. The van der Waals surface area contributed by atoms with Crippen molar-refractivity contribution in [2.24, 2.45) is 0 Å². The average Bonchev–Trinajstić information content (AvgIpc) is 2.07. The Bertz CT molecular complexity index is 376. The van der Waals surface area contributed by atoms with Crippen molar-refractivity contribution in [1.29, 1.82) is 0 Å². The quantitative estimate of drug-likeness (QED) is 0.691. The van der Waals surface area contributed by atoms with Crippen LogP contribution in [0.1, 0.15) is 22.6 Å². The van der Waals surface area contributed by atoms with Crippen molar-refractivity contribution in [3.05, 3.63) is 22.5 Å². The molecule has 2 heterocycles. The highest BCUT2D eigenvalue weighted by molar-refractivity contribution is 6.34. The van der Waals surface area contributed by atoms with Crippen molar-refractivity contribution in [1.82, 2.24) is 4.98 Å². The summed E-state index contributed by atoms with van der Waals surface area (Å²) in [4.78, 5) is 15.6. The molecule has 1 aliphatic rings. The predicted molar refractivity (Wildman–Crippen MR) is 51.4 cm³/mol. The van der Waals surface area contributed by atoms with Gasteiger partial charge in [-0.15, -0.1) is 0 Å². The molecule has 0 atom stereocenters. The Labute approximate surface area is 81.1 Å². The number of fused-ring (bicyclic) bond motifs is 1. The Balaban J connectivity index is 2.63.